The van der Waals surface area contributed by atoms with E-state index < -0.39 is 19.8 Å². The molecular weight excluding hydrogens is 313 g/mol. The summed E-state index contributed by atoms with van der Waals surface area (Å²) in [5.41, 5.74) is 1.45. The topological polar surface area (TPSA) is 12.9 Å². The molecule has 0 fully saturated rings. The van der Waals surface area contributed by atoms with Crippen LogP contribution >= 0.6 is 0 Å². The fraction of sp³-hybridized carbons (Fsp3) is 0.667. The van der Waals surface area contributed by atoms with Crippen molar-refractivity contribution in [3.63, 3.8) is 0 Å². The van der Waals surface area contributed by atoms with Crippen LogP contribution in [0.4, 0.5) is 0 Å². The summed E-state index contributed by atoms with van der Waals surface area (Å²) < 4.78 is 4.55. The summed E-state index contributed by atoms with van der Waals surface area (Å²) >= 11 is -1.41. The first-order valence-electron chi connectivity index (χ1n) is 7.06. The van der Waals surface area contributed by atoms with Gasteiger partial charge in [-0.2, -0.15) is 0 Å². The quantitative estimate of drug-likeness (QED) is 0.514. The molecule has 95 valence electrons. The number of pyridine rings is 1. The van der Waals surface area contributed by atoms with Crippen LogP contribution in [0.25, 0.3) is 0 Å². The molecule has 0 spiro atoms. The van der Waals surface area contributed by atoms with Gasteiger partial charge in [0.1, 0.15) is 0 Å². The summed E-state index contributed by atoms with van der Waals surface area (Å²) in [4.78, 5) is 4.70. The molecule has 0 aliphatic carbocycles. The van der Waals surface area contributed by atoms with Crippen molar-refractivity contribution >= 4 is 23.5 Å². The monoisotopic (exact) mass is 340 g/mol. The SMILES string of the molecule is CCCC[CH2][Sn]([CH2]CCC)[c]1ncccc1C. The Morgan fingerprint density at radius 2 is 1.76 bits per heavy atom. The van der Waals surface area contributed by atoms with Crippen molar-refractivity contribution in [3.05, 3.63) is 23.9 Å². The maximum atomic E-state index is 4.70. The summed E-state index contributed by atoms with van der Waals surface area (Å²) in [5, 5.41) is 0. The number of aryl methyl sites for hydroxylation is 1. The van der Waals surface area contributed by atoms with Crippen LogP contribution in [0.1, 0.15) is 51.5 Å². The fourth-order valence-electron chi connectivity index (χ4n) is 2.20. The molecule has 0 N–H and O–H groups in total. The van der Waals surface area contributed by atoms with Crippen molar-refractivity contribution in [3.8, 4) is 0 Å². The van der Waals surface area contributed by atoms with Crippen LogP contribution in [-0.2, 0) is 0 Å². The van der Waals surface area contributed by atoms with Gasteiger partial charge in [-0.1, -0.05) is 0 Å². The van der Waals surface area contributed by atoms with Gasteiger partial charge in [-0.05, 0) is 0 Å². The van der Waals surface area contributed by atoms with Crippen LogP contribution in [0, 0.1) is 6.92 Å². The molecule has 1 aromatic rings. The van der Waals surface area contributed by atoms with Crippen molar-refractivity contribution in [1.29, 1.82) is 0 Å². The number of hydrogen-bond acceptors (Lipinski definition) is 1. The third-order valence-corrected chi connectivity index (χ3v) is 12.1. The van der Waals surface area contributed by atoms with E-state index in [0.29, 0.717) is 0 Å². The third kappa shape index (κ3) is 5.41. The molecule has 0 aliphatic rings. The first kappa shape index (κ1) is 15.0. The summed E-state index contributed by atoms with van der Waals surface area (Å²) in [6, 6.07) is 4.32. The molecule has 1 aromatic heterocycles. The van der Waals surface area contributed by atoms with Gasteiger partial charge in [0.15, 0.2) is 0 Å². The molecule has 1 rings (SSSR count). The van der Waals surface area contributed by atoms with Gasteiger partial charge < -0.3 is 0 Å². The second-order valence-corrected chi connectivity index (χ2v) is 12.5. The third-order valence-electron chi connectivity index (χ3n) is 3.26. The first-order chi connectivity index (χ1) is 8.29. The Morgan fingerprint density at radius 1 is 1.06 bits per heavy atom. The van der Waals surface area contributed by atoms with E-state index >= 15 is 0 Å². The average molecular weight is 339 g/mol. The Balaban J connectivity index is 2.64. The van der Waals surface area contributed by atoms with E-state index in [-0.39, 0.29) is 0 Å². The number of rotatable bonds is 8. The van der Waals surface area contributed by atoms with E-state index in [1.165, 1.54) is 46.5 Å². The van der Waals surface area contributed by atoms with E-state index in [1.54, 1.807) is 3.71 Å². The normalized spacial score (nSPS) is 11.1. The zero-order valence-corrected chi connectivity index (χ0v) is 14.5. The average Bonchev–Trinajstić information content (AvgIpc) is 2.35. The Bertz CT molecular complexity index is 312. The summed E-state index contributed by atoms with van der Waals surface area (Å²) in [5.74, 6) is 0. The van der Waals surface area contributed by atoms with Crippen LogP contribution in [0.5, 0.6) is 0 Å². The van der Waals surface area contributed by atoms with Crippen LogP contribution in [0.15, 0.2) is 18.3 Å². The van der Waals surface area contributed by atoms with Gasteiger partial charge >= 0.3 is 114 Å². The van der Waals surface area contributed by atoms with Gasteiger partial charge in [0.25, 0.3) is 0 Å². The van der Waals surface area contributed by atoms with Gasteiger partial charge in [-0.25, -0.2) is 0 Å². The Morgan fingerprint density at radius 3 is 2.41 bits per heavy atom. The van der Waals surface area contributed by atoms with E-state index in [4.69, 9.17) is 4.98 Å². The number of hydrogen-bond donors (Lipinski definition) is 0. The number of aromatic nitrogens is 1. The summed E-state index contributed by atoms with van der Waals surface area (Å²) in [6.07, 6.45) is 8.92. The Hall–Kier alpha value is -0.0513. The van der Waals surface area contributed by atoms with Crippen molar-refractivity contribution < 1.29 is 0 Å². The van der Waals surface area contributed by atoms with Crippen molar-refractivity contribution in [2.75, 3.05) is 0 Å². The first-order valence-corrected chi connectivity index (χ1v) is 12.5. The van der Waals surface area contributed by atoms with Gasteiger partial charge in [-0.15, -0.1) is 0 Å². The van der Waals surface area contributed by atoms with Gasteiger partial charge in [-0.3, -0.25) is 0 Å². The molecule has 0 aliphatic heterocycles. The molecule has 1 nitrogen and oxygen atoms in total. The Labute approximate surface area is 114 Å². The second-order valence-electron chi connectivity index (χ2n) is 4.83. The molecule has 0 bridgehead atoms. The van der Waals surface area contributed by atoms with E-state index in [1.807, 2.05) is 6.20 Å². The van der Waals surface area contributed by atoms with Crippen LogP contribution < -0.4 is 3.71 Å². The van der Waals surface area contributed by atoms with Gasteiger partial charge in [0.05, 0.1) is 0 Å². The Kier molecular flexibility index (Phi) is 7.91. The number of unbranched alkanes of at least 4 members (excludes halogenated alkanes) is 3. The van der Waals surface area contributed by atoms with Crippen molar-refractivity contribution in [2.24, 2.45) is 0 Å². The van der Waals surface area contributed by atoms with Crippen molar-refractivity contribution in [1.82, 2.24) is 4.98 Å². The molecule has 0 saturated carbocycles. The zero-order valence-electron chi connectivity index (χ0n) is 11.6. The molecule has 1 radical (unpaired) electrons. The minimum absolute atomic E-state index is 1.34. The van der Waals surface area contributed by atoms with Crippen LogP contribution in [-0.4, -0.2) is 24.7 Å². The fourth-order valence-corrected chi connectivity index (χ4v) is 11.0. The molecule has 17 heavy (non-hydrogen) atoms. The van der Waals surface area contributed by atoms with Crippen LogP contribution in [0.2, 0.25) is 8.87 Å². The molecule has 0 amide bonds. The van der Waals surface area contributed by atoms with E-state index in [2.05, 4.69) is 32.9 Å². The van der Waals surface area contributed by atoms with E-state index in [9.17, 15) is 0 Å². The predicted octanol–water partition coefficient (Wildman–Crippen LogP) is 4.08. The second kappa shape index (κ2) is 8.96. The number of nitrogens with zero attached hydrogens (tertiary/aromatic N) is 1. The molecule has 0 unspecified atom stereocenters. The van der Waals surface area contributed by atoms with E-state index in [0.717, 1.165) is 0 Å². The molecule has 0 atom stereocenters. The molecule has 0 saturated heterocycles. The molecule has 1 heterocycles. The zero-order chi connectivity index (χ0) is 12.5. The van der Waals surface area contributed by atoms with Crippen molar-refractivity contribution in [2.45, 2.75) is 61.7 Å². The standard InChI is InChI=1S/C6H6N.C5H11.C4H9.Sn/c1-6-3-2-4-7-5-6;1-3-5-4-2;1-3-4-2;/h2-4H,1H3;1,3-5H2,2H3;1,3-4H2,2H3;. The van der Waals surface area contributed by atoms with Crippen LogP contribution in [0.3, 0.4) is 0 Å². The molecule has 2 heteroatoms. The summed E-state index contributed by atoms with van der Waals surface area (Å²) in [6.45, 7) is 6.84. The minimum atomic E-state index is -1.41. The predicted molar refractivity (Wildman–Crippen MR) is 78.4 cm³/mol. The van der Waals surface area contributed by atoms with Gasteiger partial charge in [0, 0.05) is 0 Å². The molecule has 0 aromatic carbocycles. The summed E-state index contributed by atoms with van der Waals surface area (Å²) in [7, 11) is 0. The van der Waals surface area contributed by atoms with Gasteiger partial charge in [0.2, 0.25) is 0 Å². The maximum absolute atomic E-state index is 4.70. The molecular formula is C15H26NSn.